The van der Waals surface area contributed by atoms with Crippen LogP contribution >= 0.6 is 0 Å². The van der Waals surface area contributed by atoms with Gasteiger partial charge < -0.3 is 10.4 Å². The molecule has 1 fully saturated rings. The van der Waals surface area contributed by atoms with Crippen molar-refractivity contribution in [1.29, 1.82) is 0 Å². The molecule has 0 spiro atoms. The van der Waals surface area contributed by atoms with E-state index in [2.05, 4.69) is 10.2 Å². The Kier molecular flexibility index (Phi) is 5.35. The molecule has 0 amide bonds. The van der Waals surface area contributed by atoms with E-state index in [1.54, 1.807) is 0 Å². The summed E-state index contributed by atoms with van der Waals surface area (Å²) in [7, 11) is 1.99. The molecule has 0 bridgehead atoms. The van der Waals surface area contributed by atoms with Gasteiger partial charge in [-0.1, -0.05) is 6.42 Å². The van der Waals surface area contributed by atoms with Crippen LogP contribution in [0.15, 0.2) is 0 Å². The van der Waals surface area contributed by atoms with E-state index in [4.69, 9.17) is 5.11 Å². The molecular weight excluding hydrogens is 164 g/mol. The van der Waals surface area contributed by atoms with Crippen LogP contribution in [0.1, 0.15) is 25.7 Å². The Morgan fingerprint density at radius 3 is 2.62 bits per heavy atom. The molecule has 0 unspecified atom stereocenters. The molecule has 0 radical (unpaired) electrons. The highest BCUT2D eigenvalue weighted by molar-refractivity contribution is 4.79. The third-order valence-electron chi connectivity index (χ3n) is 2.85. The van der Waals surface area contributed by atoms with Crippen molar-refractivity contribution in [1.82, 2.24) is 10.2 Å². The van der Waals surface area contributed by atoms with Gasteiger partial charge in [-0.25, -0.2) is 0 Å². The first-order valence-corrected chi connectivity index (χ1v) is 5.38. The van der Waals surface area contributed by atoms with E-state index < -0.39 is 0 Å². The SMILES string of the molecule is CNCCCN(CCO)C1CCC1. The fourth-order valence-corrected chi connectivity index (χ4v) is 1.82. The molecule has 1 aliphatic rings. The van der Waals surface area contributed by atoms with Crippen molar-refractivity contribution in [2.45, 2.75) is 31.7 Å². The first-order chi connectivity index (χ1) is 6.38. The minimum atomic E-state index is 0.302. The van der Waals surface area contributed by atoms with Gasteiger partial charge in [-0.2, -0.15) is 0 Å². The van der Waals surface area contributed by atoms with Crippen molar-refractivity contribution >= 4 is 0 Å². The van der Waals surface area contributed by atoms with E-state index in [1.165, 1.54) is 25.7 Å². The molecule has 13 heavy (non-hydrogen) atoms. The van der Waals surface area contributed by atoms with Gasteiger partial charge in [0, 0.05) is 12.6 Å². The highest BCUT2D eigenvalue weighted by Gasteiger charge is 2.23. The summed E-state index contributed by atoms with van der Waals surface area (Å²) in [5.41, 5.74) is 0. The molecule has 2 N–H and O–H groups in total. The van der Waals surface area contributed by atoms with Crippen LogP contribution in [0.25, 0.3) is 0 Å². The van der Waals surface area contributed by atoms with Gasteiger partial charge >= 0.3 is 0 Å². The van der Waals surface area contributed by atoms with Crippen LogP contribution in [0.2, 0.25) is 0 Å². The maximum Gasteiger partial charge on any atom is 0.0558 e. The Morgan fingerprint density at radius 2 is 2.15 bits per heavy atom. The normalized spacial score (nSPS) is 17.8. The van der Waals surface area contributed by atoms with Crippen molar-refractivity contribution in [3.8, 4) is 0 Å². The number of aliphatic hydroxyl groups is 1. The van der Waals surface area contributed by atoms with E-state index in [9.17, 15) is 0 Å². The van der Waals surface area contributed by atoms with E-state index >= 15 is 0 Å². The maximum absolute atomic E-state index is 8.90. The van der Waals surface area contributed by atoms with Gasteiger partial charge in [-0.3, -0.25) is 4.90 Å². The highest BCUT2D eigenvalue weighted by atomic mass is 16.3. The fraction of sp³-hybridized carbons (Fsp3) is 1.00. The van der Waals surface area contributed by atoms with Crippen LogP contribution in [-0.2, 0) is 0 Å². The quantitative estimate of drug-likeness (QED) is 0.566. The van der Waals surface area contributed by atoms with Crippen molar-refractivity contribution in [3.05, 3.63) is 0 Å². The molecule has 0 atom stereocenters. The van der Waals surface area contributed by atoms with Crippen LogP contribution in [0, 0.1) is 0 Å². The molecule has 3 heteroatoms. The molecule has 1 aliphatic carbocycles. The Balaban J connectivity index is 2.12. The van der Waals surface area contributed by atoms with Crippen molar-refractivity contribution in [2.24, 2.45) is 0 Å². The minimum absolute atomic E-state index is 0.302. The molecule has 0 aromatic rings. The van der Waals surface area contributed by atoms with Crippen LogP contribution in [0.4, 0.5) is 0 Å². The number of nitrogens with zero attached hydrogens (tertiary/aromatic N) is 1. The summed E-state index contributed by atoms with van der Waals surface area (Å²) >= 11 is 0. The van der Waals surface area contributed by atoms with Crippen LogP contribution in [0.3, 0.4) is 0 Å². The number of nitrogens with one attached hydrogen (secondary N) is 1. The molecule has 0 aliphatic heterocycles. The zero-order chi connectivity index (χ0) is 9.52. The molecule has 1 saturated carbocycles. The Labute approximate surface area is 81.1 Å². The van der Waals surface area contributed by atoms with Crippen molar-refractivity contribution < 1.29 is 5.11 Å². The Hall–Kier alpha value is -0.120. The van der Waals surface area contributed by atoms with Crippen LogP contribution in [0.5, 0.6) is 0 Å². The standard InChI is InChI=1S/C10H22N2O/c1-11-6-3-7-12(8-9-13)10-4-2-5-10/h10-11,13H,2-9H2,1H3. The molecule has 0 saturated heterocycles. The minimum Gasteiger partial charge on any atom is -0.395 e. The summed E-state index contributed by atoms with van der Waals surface area (Å²) in [6.07, 6.45) is 5.23. The second-order valence-electron chi connectivity index (χ2n) is 3.80. The molecule has 78 valence electrons. The van der Waals surface area contributed by atoms with Crippen molar-refractivity contribution in [3.63, 3.8) is 0 Å². The average Bonchev–Trinajstić information content (AvgIpc) is 2.02. The number of rotatable bonds is 7. The summed E-state index contributed by atoms with van der Waals surface area (Å²) in [5.74, 6) is 0. The highest BCUT2D eigenvalue weighted by Crippen LogP contribution is 2.24. The lowest BCUT2D eigenvalue weighted by atomic mass is 9.91. The monoisotopic (exact) mass is 186 g/mol. The number of hydrogen-bond donors (Lipinski definition) is 2. The predicted octanol–water partition coefficient (Wildman–Crippen LogP) is 0.443. The van der Waals surface area contributed by atoms with Gasteiger partial charge in [0.05, 0.1) is 6.61 Å². The lowest BCUT2D eigenvalue weighted by Crippen LogP contribution is -2.42. The van der Waals surface area contributed by atoms with E-state index in [-0.39, 0.29) is 0 Å². The van der Waals surface area contributed by atoms with Gasteiger partial charge in [0.1, 0.15) is 0 Å². The summed E-state index contributed by atoms with van der Waals surface area (Å²) in [6, 6.07) is 0.768. The fourth-order valence-electron chi connectivity index (χ4n) is 1.82. The van der Waals surface area contributed by atoms with Gasteiger partial charge in [0.25, 0.3) is 0 Å². The number of hydrogen-bond acceptors (Lipinski definition) is 3. The van der Waals surface area contributed by atoms with Gasteiger partial charge in [-0.05, 0) is 39.4 Å². The van der Waals surface area contributed by atoms with E-state index in [0.717, 1.165) is 25.7 Å². The smallest absolute Gasteiger partial charge is 0.0558 e. The lowest BCUT2D eigenvalue weighted by molar-refractivity contribution is 0.100. The topological polar surface area (TPSA) is 35.5 Å². The van der Waals surface area contributed by atoms with Crippen LogP contribution in [-0.4, -0.2) is 49.3 Å². The summed E-state index contributed by atoms with van der Waals surface area (Å²) in [4.78, 5) is 2.43. The van der Waals surface area contributed by atoms with E-state index in [0.29, 0.717) is 6.61 Å². The largest absolute Gasteiger partial charge is 0.395 e. The molecule has 0 aromatic carbocycles. The molecule has 3 nitrogen and oxygen atoms in total. The lowest BCUT2D eigenvalue weighted by Gasteiger charge is -2.37. The summed E-state index contributed by atoms with van der Waals surface area (Å²) < 4.78 is 0. The maximum atomic E-state index is 8.90. The van der Waals surface area contributed by atoms with Crippen LogP contribution < -0.4 is 5.32 Å². The molecule has 0 aromatic heterocycles. The Morgan fingerprint density at radius 1 is 1.38 bits per heavy atom. The second-order valence-corrected chi connectivity index (χ2v) is 3.80. The summed E-state index contributed by atoms with van der Waals surface area (Å²) in [5, 5.41) is 12.1. The second kappa shape index (κ2) is 6.35. The van der Waals surface area contributed by atoms with Gasteiger partial charge in [0.15, 0.2) is 0 Å². The Bertz CT molecular complexity index is 126. The average molecular weight is 186 g/mol. The predicted molar refractivity (Wildman–Crippen MR) is 54.8 cm³/mol. The summed E-state index contributed by atoms with van der Waals surface area (Å²) in [6.45, 7) is 3.37. The van der Waals surface area contributed by atoms with Gasteiger partial charge in [-0.15, -0.1) is 0 Å². The van der Waals surface area contributed by atoms with Crippen molar-refractivity contribution in [2.75, 3.05) is 33.3 Å². The molecular formula is C10H22N2O. The molecule has 1 rings (SSSR count). The van der Waals surface area contributed by atoms with Gasteiger partial charge in [0.2, 0.25) is 0 Å². The third kappa shape index (κ3) is 3.63. The zero-order valence-corrected chi connectivity index (χ0v) is 8.63. The third-order valence-corrected chi connectivity index (χ3v) is 2.85. The first-order valence-electron chi connectivity index (χ1n) is 5.38. The van der Waals surface area contributed by atoms with E-state index in [1.807, 2.05) is 7.05 Å². The molecule has 0 heterocycles. The zero-order valence-electron chi connectivity index (χ0n) is 8.63. The number of aliphatic hydroxyl groups excluding tert-OH is 1. The first kappa shape index (κ1) is 11.0.